The highest BCUT2D eigenvalue weighted by Crippen LogP contribution is 2.34. The molecule has 0 radical (unpaired) electrons. The molecule has 0 amide bonds. The van der Waals surface area contributed by atoms with Crippen LogP contribution in [0.5, 0.6) is 0 Å². The van der Waals surface area contributed by atoms with E-state index < -0.39 is 11.7 Å². The van der Waals surface area contributed by atoms with Gasteiger partial charge in [0.2, 0.25) is 0 Å². The molecule has 2 aromatic rings. The lowest BCUT2D eigenvalue weighted by molar-refractivity contribution is -0.137. The number of rotatable bonds is 3. The number of halogens is 4. The van der Waals surface area contributed by atoms with Crippen molar-refractivity contribution in [3.63, 3.8) is 0 Å². The Balaban J connectivity index is 2.18. The normalized spacial score (nSPS) is 11.6. The van der Waals surface area contributed by atoms with Crippen molar-refractivity contribution in [2.75, 3.05) is 5.32 Å². The molecule has 0 unspecified atom stereocenters. The number of anilines is 1. The highest BCUT2D eigenvalue weighted by Gasteiger charge is 2.30. The largest absolute Gasteiger partial charge is 0.416 e. The van der Waals surface area contributed by atoms with E-state index in [4.69, 9.17) is 0 Å². The summed E-state index contributed by atoms with van der Waals surface area (Å²) < 4.78 is 38.4. The van der Waals surface area contributed by atoms with Crippen molar-refractivity contribution >= 4 is 21.6 Å². The summed E-state index contributed by atoms with van der Waals surface area (Å²) in [5, 5.41) is 2.94. The minimum atomic E-state index is -4.35. The van der Waals surface area contributed by atoms with E-state index in [2.05, 4.69) is 31.2 Å². The predicted molar refractivity (Wildman–Crippen MR) is 69.8 cm³/mol. The van der Waals surface area contributed by atoms with Crippen LogP contribution in [0.25, 0.3) is 0 Å². The van der Waals surface area contributed by atoms with Gasteiger partial charge in [-0.25, -0.2) is 4.98 Å². The Morgan fingerprint density at radius 2 is 2.11 bits per heavy atom. The zero-order chi connectivity index (χ0) is 14.0. The molecule has 0 aliphatic heterocycles. The van der Waals surface area contributed by atoms with Gasteiger partial charge in [0.05, 0.1) is 24.1 Å². The zero-order valence-electron chi connectivity index (χ0n) is 9.98. The monoisotopic (exact) mass is 333 g/mol. The molecule has 19 heavy (non-hydrogen) atoms. The maximum Gasteiger partial charge on any atom is 0.416 e. The molecule has 0 atom stereocenters. The van der Waals surface area contributed by atoms with Crippen LogP contribution in [0.1, 0.15) is 17.0 Å². The van der Waals surface area contributed by atoms with Crippen LogP contribution in [-0.4, -0.2) is 9.97 Å². The number of hydrogen-bond donors (Lipinski definition) is 2. The van der Waals surface area contributed by atoms with Crippen molar-refractivity contribution in [1.82, 2.24) is 9.97 Å². The SMILES string of the molecule is Cc1[nH]cnc1CNc1cc(C(F)(F)F)ccc1Br. The molecule has 0 aliphatic carbocycles. The second kappa shape index (κ2) is 5.24. The molecular formula is C12H11BrF3N3. The maximum atomic E-state index is 12.6. The van der Waals surface area contributed by atoms with Gasteiger partial charge in [0.25, 0.3) is 0 Å². The highest BCUT2D eigenvalue weighted by atomic mass is 79.9. The van der Waals surface area contributed by atoms with Crippen molar-refractivity contribution in [3.05, 3.63) is 46.0 Å². The maximum absolute atomic E-state index is 12.6. The first-order valence-electron chi connectivity index (χ1n) is 5.47. The number of aromatic amines is 1. The number of nitrogens with one attached hydrogen (secondary N) is 2. The molecule has 0 aliphatic rings. The summed E-state index contributed by atoms with van der Waals surface area (Å²) in [6.45, 7) is 2.21. The van der Waals surface area contributed by atoms with Crippen LogP contribution in [-0.2, 0) is 12.7 Å². The standard InChI is InChI=1S/C12H11BrF3N3/c1-7-11(19-6-18-7)5-17-10-4-8(12(14,15)16)2-3-9(10)13/h2-4,6,17H,5H2,1H3,(H,18,19). The topological polar surface area (TPSA) is 40.7 Å². The Labute approximate surface area is 116 Å². The molecule has 0 saturated heterocycles. The lowest BCUT2D eigenvalue weighted by Gasteiger charge is -2.12. The molecule has 3 nitrogen and oxygen atoms in total. The number of H-pyrrole nitrogens is 1. The fraction of sp³-hybridized carbons (Fsp3) is 0.250. The fourth-order valence-corrected chi connectivity index (χ4v) is 1.97. The smallest absolute Gasteiger partial charge is 0.378 e. The van der Waals surface area contributed by atoms with Crippen LogP contribution in [0, 0.1) is 6.92 Å². The second-order valence-corrected chi connectivity index (χ2v) is 4.87. The van der Waals surface area contributed by atoms with Gasteiger partial charge in [0.15, 0.2) is 0 Å². The van der Waals surface area contributed by atoms with Gasteiger partial charge in [0, 0.05) is 15.9 Å². The summed E-state index contributed by atoms with van der Waals surface area (Å²) in [6.07, 6.45) is -2.80. The Kier molecular flexibility index (Phi) is 3.84. The van der Waals surface area contributed by atoms with Gasteiger partial charge >= 0.3 is 6.18 Å². The van der Waals surface area contributed by atoms with Crippen molar-refractivity contribution in [2.24, 2.45) is 0 Å². The van der Waals surface area contributed by atoms with E-state index >= 15 is 0 Å². The number of aryl methyl sites for hydroxylation is 1. The lowest BCUT2D eigenvalue weighted by Crippen LogP contribution is -2.07. The number of imidazole rings is 1. The van der Waals surface area contributed by atoms with Gasteiger partial charge in [-0.15, -0.1) is 0 Å². The minimum absolute atomic E-state index is 0.356. The van der Waals surface area contributed by atoms with Gasteiger partial charge in [0.1, 0.15) is 0 Å². The van der Waals surface area contributed by atoms with E-state index in [0.717, 1.165) is 23.5 Å². The first-order chi connectivity index (χ1) is 8.88. The van der Waals surface area contributed by atoms with Crippen molar-refractivity contribution in [3.8, 4) is 0 Å². The summed E-state index contributed by atoms with van der Waals surface area (Å²) in [5.41, 5.74) is 1.36. The number of benzene rings is 1. The van der Waals surface area contributed by atoms with Crippen molar-refractivity contribution < 1.29 is 13.2 Å². The Morgan fingerprint density at radius 3 is 2.68 bits per heavy atom. The van der Waals surface area contributed by atoms with E-state index in [1.165, 1.54) is 6.07 Å². The van der Waals surface area contributed by atoms with Crippen LogP contribution >= 0.6 is 15.9 Å². The summed E-state index contributed by atoms with van der Waals surface area (Å²) >= 11 is 3.22. The Bertz CT molecular complexity index is 578. The number of aromatic nitrogens is 2. The van der Waals surface area contributed by atoms with E-state index in [0.29, 0.717) is 16.7 Å². The highest BCUT2D eigenvalue weighted by molar-refractivity contribution is 9.10. The number of nitrogens with zero attached hydrogens (tertiary/aromatic N) is 1. The Hall–Kier alpha value is -1.50. The zero-order valence-corrected chi connectivity index (χ0v) is 11.6. The summed E-state index contributed by atoms with van der Waals surface area (Å²) in [7, 11) is 0. The molecule has 1 heterocycles. The number of hydrogen-bond acceptors (Lipinski definition) is 2. The molecule has 0 bridgehead atoms. The van der Waals surface area contributed by atoms with Gasteiger partial charge in [-0.2, -0.15) is 13.2 Å². The van der Waals surface area contributed by atoms with Gasteiger partial charge in [-0.1, -0.05) is 0 Å². The molecule has 1 aromatic heterocycles. The van der Waals surface area contributed by atoms with Crippen LogP contribution in [0.2, 0.25) is 0 Å². The van der Waals surface area contributed by atoms with E-state index in [1.807, 2.05) is 6.92 Å². The van der Waals surface area contributed by atoms with Crippen LogP contribution in [0.15, 0.2) is 29.0 Å². The Morgan fingerprint density at radius 1 is 1.37 bits per heavy atom. The van der Waals surface area contributed by atoms with Crippen LogP contribution in [0.3, 0.4) is 0 Å². The first kappa shape index (κ1) is 13.9. The quantitative estimate of drug-likeness (QED) is 0.887. The van der Waals surface area contributed by atoms with Gasteiger partial charge in [-0.05, 0) is 41.1 Å². The van der Waals surface area contributed by atoms with E-state index in [-0.39, 0.29) is 0 Å². The molecule has 7 heteroatoms. The number of alkyl halides is 3. The molecule has 2 N–H and O–H groups in total. The second-order valence-electron chi connectivity index (χ2n) is 4.02. The summed E-state index contributed by atoms with van der Waals surface area (Å²) in [5.74, 6) is 0. The van der Waals surface area contributed by atoms with Crippen molar-refractivity contribution in [1.29, 1.82) is 0 Å². The fourth-order valence-electron chi connectivity index (χ4n) is 1.58. The summed E-state index contributed by atoms with van der Waals surface area (Å²) in [4.78, 5) is 6.99. The first-order valence-corrected chi connectivity index (χ1v) is 6.26. The third-order valence-corrected chi connectivity index (χ3v) is 3.37. The van der Waals surface area contributed by atoms with Crippen molar-refractivity contribution in [2.45, 2.75) is 19.6 Å². The molecular weight excluding hydrogens is 323 g/mol. The van der Waals surface area contributed by atoms with E-state index in [1.54, 1.807) is 6.33 Å². The average Bonchev–Trinajstić information content (AvgIpc) is 2.72. The molecule has 1 aromatic carbocycles. The molecule has 0 saturated carbocycles. The van der Waals surface area contributed by atoms with Crippen LogP contribution < -0.4 is 5.32 Å². The van der Waals surface area contributed by atoms with Gasteiger partial charge < -0.3 is 10.3 Å². The summed E-state index contributed by atoms with van der Waals surface area (Å²) in [6, 6.07) is 3.49. The molecule has 2 rings (SSSR count). The molecule has 0 spiro atoms. The van der Waals surface area contributed by atoms with Gasteiger partial charge in [-0.3, -0.25) is 0 Å². The predicted octanol–water partition coefficient (Wildman–Crippen LogP) is 4.11. The lowest BCUT2D eigenvalue weighted by atomic mass is 10.2. The average molecular weight is 334 g/mol. The minimum Gasteiger partial charge on any atom is -0.378 e. The molecule has 0 fully saturated rings. The van der Waals surface area contributed by atoms with E-state index in [9.17, 15) is 13.2 Å². The third kappa shape index (κ3) is 3.28. The molecule has 102 valence electrons. The van der Waals surface area contributed by atoms with Crippen LogP contribution in [0.4, 0.5) is 18.9 Å². The third-order valence-electron chi connectivity index (χ3n) is 2.67.